The molecule has 0 unspecified atom stereocenters. The van der Waals surface area contributed by atoms with Gasteiger partial charge < -0.3 is 14.0 Å². The van der Waals surface area contributed by atoms with Crippen molar-refractivity contribution in [1.82, 2.24) is 9.99 Å². The van der Waals surface area contributed by atoms with Crippen molar-refractivity contribution in [3.8, 4) is 5.75 Å². The Balaban J connectivity index is 1.67. The van der Waals surface area contributed by atoms with Crippen LogP contribution >= 0.6 is 11.6 Å². The predicted octanol–water partition coefficient (Wildman–Crippen LogP) is 3.85. The number of carbonyl (C=O) groups is 2. The third kappa shape index (κ3) is 4.80. The van der Waals surface area contributed by atoms with Crippen LogP contribution in [-0.2, 0) is 16.6 Å². The van der Waals surface area contributed by atoms with E-state index in [9.17, 15) is 9.59 Å². The van der Waals surface area contributed by atoms with Gasteiger partial charge in [0.05, 0.1) is 18.4 Å². The number of hydrazone groups is 1. The average Bonchev–Trinajstić information content (AvgIpc) is 2.98. The van der Waals surface area contributed by atoms with Crippen LogP contribution in [0.15, 0.2) is 47.6 Å². The highest BCUT2D eigenvalue weighted by Crippen LogP contribution is 2.29. The van der Waals surface area contributed by atoms with Crippen LogP contribution < -0.4 is 10.2 Å². The first-order chi connectivity index (χ1) is 14.4. The van der Waals surface area contributed by atoms with Gasteiger partial charge in [0, 0.05) is 28.7 Å². The number of aryl methyl sites for hydroxylation is 1. The molecule has 1 N–H and O–H groups in total. The van der Waals surface area contributed by atoms with Gasteiger partial charge in [0.15, 0.2) is 6.61 Å². The summed E-state index contributed by atoms with van der Waals surface area (Å²) in [6, 6.07) is 12.4. The van der Waals surface area contributed by atoms with Gasteiger partial charge in [-0.2, -0.15) is 5.10 Å². The number of amides is 1. The van der Waals surface area contributed by atoms with Gasteiger partial charge in [-0.1, -0.05) is 23.7 Å². The highest BCUT2D eigenvalue weighted by Gasteiger charge is 2.20. The molecule has 1 amide bonds. The average molecular weight is 428 g/mol. The van der Waals surface area contributed by atoms with Crippen LogP contribution in [0.25, 0.3) is 10.9 Å². The Morgan fingerprint density at radius 2 is 1.93 bits per heavy atom. The molecular formula is C22H22ClN3O4. The summed E-state index contributed by atoms with van der Waals surface area (Å²) in [5.41, 5.74) is 5.38. The normalized spacial score (nSPS) is 11.1. The Hall–Kier alpha value is -3.32. The number of carbonyl (C=O) groups excluding carboxylic acids is 2. The number of esters is 1. The molecule has 0 aliphatic heterocycles. The van der Waals surface area contributed by atoms with Gasteiger partial charge in [-0.15, -0.1) is 0 Å². The summed E-state index contributed by atoms with van der Waals surface area (Å²) in [6.07, 6.45) is 1.51. The van der Waals surface area contributed by atoms with E-state index in [1.165, 1.54) is 6.21 Å². The first-order valence-electron chi connectivity index (χ1n) is 9.37. The van der Waals surface area contributed by atoms with E-state index < -0.39 is 5.91 Å². The maximum absolute atomic E-state index is 12.4. The Morgan fingerprint density at radius 3 is 2.63 bits per heavy atom. The van der Waals surface area contributed by atoms with E-state index in [0.717, 1.165) is 16.8 Å². The van der Waals surface area contributed by atoms with Crippen LogP contribution in [-0.4, -0.2) is 35.9 Å². The van der Waals surface area contributed by atoms with Crippen LogP contribution in [0.5, 0.6) is 5.75 Å². The molecule has 2 aromatic carbocycles. The molecule has 7 nitrogen and oxygen atoms in total. The molecular weight excluding hydrogens is 406 g/mol. The molecule has 1 aromatic heterocycles. The van der Waals surface area contributed by atoms with E-state index in [1.807, 2.05) is 24.6 Å². The monoisotopic (exact) mass is 427 g/mol. The van der Waals surface area contributed by atoms with Crippen molar-refractivity contribution in [3.05, 3.63) is 64.3 Å². The largest absolute Gasteiger partial charge is 0.484 e. The summed E-state index contributed by atoms with van der Waals surface area (Å²) >= 11 is 5.83. The predicted molar refractivity (Wildman–Crippen MR) is 116 cm³/mol. The van der Waals surface area contributed by atoms with Crippen molar-refractivity contribution >= 4 is 40.6 Å². The van der Waals surface area contributed by atoms with Gasteiger partial charge in [0.2, 0.25) is 0 Å². The number of rotatable bonds is 7. The van der Waals surface area contributed by atoms with Gasteiger partial charge >= 0.3 is 5.97 Å². The van der Waals surface area contributed by atoms with E-state index >= 15 is 0 Å². The van der Waals surface area contributed by atoms with E-state index in [4.69, 9.17) is 21.1 Å². The smallest absolute Gasteiger partial charge is 0.340 e. The van der Waals surface area contributed by atoms with E-state index in [2.05, 4.69) is 10.5 Å². The zero-order valence-corrected chi connectivity index (χ0v) is 17.7. The number of halogens is 1. The van der Waals surface area contributed by atoms with Crippen molar-refractivity contribution in [3.63, 3.8) is 0 Å². The van der Waals surface area contributed by atoms with Crippen molar-refractivity contribution in [2.24, 2.45) is 12.1 Å². The fourth-order valence-electron chi connectivity index (χ4n) is 3.01. The molecule has 3 aromatic rings. The lowest BCUT2D eigenvalue weighted by Gasteiger charge is -2.06. The molecule has 0 atom stereocenters. The molecule has 0 fully saturated rings. The second kappa shape index (κ2) is 9.45. The second-order valence-electron chi connectivity index (χ2n) is 6.55. The van der Waals surface area contributed by atoms with Crippen molar-refractivity contribution in [2.75, 3.05) is 13.2 Å². The third-order valence-corrected chi connectivity index (χ3v) is 4.84. The maximum atomic E-state index is 12.4. The minimum absolute atomic E-state index is 0.218. The van der Waals surface area contributed by atoms with E-state index in [-0.39, 0.29) is 12.6 Å². The summed E-state index contributed by atoms with van der Waals surface area (Å²) in [7, 11) is 1.88. The number of nitrogens with zero attached hydrogens (tertiary/aromatic N) is 2. The van der Waals surface area contributed by atoms with Crippen LogP contribution in [0.3, 0.4) is 0 Å². The Morgan fingerprint density at radius 1 is 1.20 bits per heavy atom. The topological polar surface area (TPSA) is 81.9 Å². The molecule has 0 aliphatic rings. The lowest BCUT2D eigenvalue weighted by Crippen LogP contribution is -2.24. The fourth-order valence-corrected chi connectivity index (χ4v) is 3.14. The maximum Gasteiger partial charge on any atom is 0.340 e. The number of benzene rings is 2. The van der Waals surface area contributed by atoms with Crippen LogP contribution in [0.1, 0.15) is 28.5 Å². The molecule has 0 saturated heterocycles. The molecule has 1 heterocycles. The van der Waals surface area contributed by atoms with Gasteiger partial charge in [0.25, 0.3) is 5.91 Å². The molecule has 8 heteroatoms. The molecule has 0 aliphatic carbocycles. The summed E-state index contributed by atoms with van der Waals surface area (Å²) in [6.45, 7) is 3.70. The second-order valence-corrected chi connectivity index (χ2v) is 6.99. The number of fused-ring (bicyclic) bond motifs is 1. The van der Waals surface area contributed by atoms with E-state index in [1.54, 1.807) is 43.3 Å². The molecule has 0 radical (unpaired) electrons. The molecule has 0 bridgehead atoms. The number of ether oxygens (including phenoxy) is 2. The molecule has 30 heavy (non-hydrogen) atoms. The highest BCUT2D eigenvalue weighted by atomic mass is 35.5. The van der Waals surface area contributed by atoms with Gasteiger partial charge in [-0.05, 0) is 49.7 Å². The van der Waals surface area contributed by atoms with Crippen molar-refractivity contribution in [1.29, 1.82) is 0 Å². The fraction of sp³-hybridized carbons (Fsp3) is 0.227. The number of hydrogen-bond donors (Lipinski definition) is 1. The number of hydrogen-bond acceptors (Lipinski definition) is 5. The lowest BCUT2D eigenvalue weighted by atomic mass is 10.1. The lowest BCUT2D eigenvalue weighted by molar-refractivity contribution is -0.123. The first-order valence-corrected chi connectivity index (χ1v) is 9.75. The number of aromatic nitrogens is 1. The molecule has 156 valence electrons. The van der Waals surface area contributed by atoms with Crippen LogP contribution in [0, 0.1) is 6.92 Å². The Bertz CT molecular complexity index is 1100. The Labute approximate surface area is 179 Å². The summed E-state index contributed by atoms with van der Waals surface area (Å²) in [5.74, 6) is -0.322. The molecule has 3 rings (SSSR count). The van der Waals surface area contributed by atoms with Gasteiger partial charge in [-0.25, -0.2) is 10.2 Å². The van der Waals surface area contributed by atoms with Crippen molar-refractivity contribution in [2.45, 2.75) is 13.8 Å². The molecule has 0 saturated carbocycles. The van der Waals surface area contributed by atoms with E-state index in [0.29, 0.717) is 28.3 Å². The minimum atomic E-state index is -0.407. The zero-order valence-electron chi connectivity index (χ0n) is 16.9. The highest BCUT2D eigenvalue weighted by molar-refractivity contribution is 6.30. The quantitative estimate of drug-likeness (QED) is 0.353. The standard InChI is InChI=1S/C22H22ClN3O4/c1-4-29-22(28)21-14(2)26(3)19-10-9-17(11-18(19)21)30-13-20(27)25-24-12-15-5-7-16(23)8-6-15/h5-12H,4,13H2,1-3H3,(H,25,27)/b24-12+. The zero-order chi connectivity index (χ0) is 21.7. The first kappa shape index (κ1) is 21.4. The van der Waals surface area contributed by atoms with Gasteiger partial charge in [-0.3, -0.25) is 4.79 Å². The summed E-state index contributed by atoms with van der Waals surface area (Å²) in [5, 5.41) is 5.24. The molecule has 0 spiro atoms. The Kier molecular flexibility index (Phi) is 6.74. The van der Waals surface area contributed by atoms with Crippen LogP contribution in [0.2, 0.25) is 5.02 Å². The number of nitrogens with one attached hydrogen (secondary N) is 1. The minimum Gasteiger partial charge on any atom is -0.484 e. The third-order valence-electron chi connectivity index (χ3n) is 4.59. The summed E-state index contributed by atoms with van der Waals surface area (Å²) in [4.78, 5) is 24.4. The van der Waals surface area contributed by atoms with Crippen LogP contribution in [0.4, 0.5) is 0 Å². The van der Waals surface area contributed by atoms with Crippen molar-refractivity contribution < 1.29 is 19.1 Å². The summed E-state index contributed by atoms with van der Waals surface area (Å²) < 4.78 is 12.7. The van der Waals surface area contributed by atoms with Gasteiger partial charge in [0.1, 0.15) is 5.75 Å². The SMILES string of the molecule is CCOC(=O)c1c(C)n(C)c2ccc(OCC(=O)N/N=C/c3ccc(Cl)cc3)cc12.